The molecule has 6 rings (SSSR count). The Balaban J connectivity index is 1.62. The summed E-state index contributed by atoms with van der Waals surface area (Å²) < 4.78 is 19.2. The highest BCUT2D eigenvalue weighted by Gasteiger charge is 2.78. The second-order valence-corrected chi connectivity index (χ2v) is 10.9. The Morgan fingerprint density at radius 2 is 1.94 bits per heavy atom. The molecule has 2 spiro atoms. The maximum atomic E-state index is 14.7. The Labute approximate surface area is 210 Å². The molecule has 1 aromatic carbocycles. The highest BCUT2D eigenvalue weighted by molar-refractivity contribution is 8.25. The SMILES string of the molecule is CN1C(=O)C2(c3cc(F)ccc31)N(C)CC(c1ccncc1)C21SC(=S)N(Cc2ccco2)C1=O. The standard InChI is InChI=1S/C25H21FN4O3S2/c1-28-14-19(15-7-9-27-10-8-15)25(22(32)30(23(34)35-25)13-17-4-3-11-33-17)24(28)18-12-16(26)5-6-20(18)29(2)21(24)31/h3-12,19H,13-14H2,1-2H3. The van der Waals surface area contributed by atoms with Crippen LogP contribution in [0, 0.1) is 5.82 Å². The fourth-order valence-electron chi connectivity index (χ4n) is 5.96. The van der Waals surface area contributed by atoms with E-state index in [1.165, 1.54) is 33.7 Å². The van der Waals surface area contributed by atoms with Crippen molar-refractivity contribution in [2.45, 2.75) is 22.7 Å². The number of carbonyl (C=O) groups excluding carboxylic acids is 2. The zero-order chi connectivity index (χ0) is 24.5. The third-order valence-corrected chi connectivity index (χ3v) is 9.36. The Morgan fingerprint density at radius 1 is 1.17 bits per heavy atom. The summed E-state index contributed by atoms with van der Waals surface area (Å²) in [4.78, 5) is 37.9. The summed E-state index contributed by atoms with van der Waals surface area (Å²) in [5.74, 6) is -0.846. The highest BCUT2D eigenvalue weighted by atomic mass is 32.2. The number of carbonyl (C=O) groups is 2. The number of hydrogen-bond acceptors (Lipinski definition) is 7. The van der Waals surface area contributed by atoms with Gasteiger partial charge in [-0.2, -0.15) is 0 Å². The number of pyridine rings is 1. The second-order valence-electron chi connectivity index (χ2n) is 9.02. The number of hydrogen-bond donors (Lipinski definition) is 0. The normalized spacial score (nSPS) is 28.2. The van der Waals surface area contributed by atoms with Crippen LogP contribution in [-0.2, 0) is 21.7 Å². The number of benzene rings is 1. The first-order chi connectivity index (χ1) is 16.8. The lowest BCUT2D eigenvalue weighted by Crippen LogP contribution is -2.62. The molecular formula is C25H21FN4O3S2. The molecule has 10 heteroatoms. The fourth-order valence-corrected chi connectivity index (χ4v) is 8.09. The van der Waals surface area contributed by atoms with Crippen LogP contribution in [0.15, 0.2) is 65.5 Å². The van der Waals surface area contributed by atoms with Crippen LogP contribution in [0.5, 0.6) is 0 Å². The number of nitrogens with zero attached hydrogens (tertiary/aromatic N) is 4. The Hall–Kier alpha value is -3.08. The third-order valence-electron chi connectivity index (χ3n) is 7.42. The van der Waals surface area contributed by atoms with Crippen LogP contribution >= 0.6 is 24.0 Å². The lowest BCUT2D eigenvalue weighted by atomic mass is 9.72. The predicted octanol–water partition coefficient (Wildman–Crippen LogP) is 3.51. The molecule has 35 heavy (non-hydrogen) atoms. The molecule has 0 aliphatic carbocycles. The van der Waals surface area contributed by atoms with Gasteiger partial charge in [-0.05, 0) is 55.1 Å². The van der Waals surface area contributed by atoms with Gasteiger partial charge in [0.05, 0.1) is 12.8 Å². The molecule has 0 bridgehead atoms. The number of aromatic nitrogens is 1. The smallest absolute Gasteiger partial charge is 0.254 e. The van der Waals surface area contributed by atoms with E-state index in [-0.39, 0.29) is 18.4 Å². The summed E-state index contributed by atoms with van der Waals surface area (Å²) in [7, 11) is 3.49. The van der Waals surface area contributed by atoms with Gasteiger partial charge in [0.15, 0.2) is 5.54 Å². The molecule has 178 valence electrons. The van der Waals surface area contributed by atoms with Gasteiger partial charge in [-0.1, -0.05) is 24.0 Å². The van der Waals surface area contributed by atoms with E-state index in [9.17, 15) is 14.0 Å². The molecule has 0 radical (unpaired) electrons. The van der Waals surface area contributed by atoms with Crippen LogP contribution in [0.4, 0.5) is 10.1 Å². The van der Waals surface area contributed by atoms with Gasteiger partial charge in [0.1, 0.15) is 20.6 Å². The van der Waals surface area contributed by atoms with Crippen LogP contribution in [0.25, 0.3) is 0 Å². The number of amides is 2. The third kappa shape index (κ3) is 2.75. The maximum Gasteiger partial charge on any atom is 0.254 e. The second kappa shape index (κ2) is 7.71. The number of thioether (sulfide) groups is 1. The number of anilines is 1. The van der Waals surface area contributed by atoms with Gasteiger partial charge < -0.3 is 9.32 Å². The molecule has 3 unspecified atom stereocenters. The summed E-state index contributed by atoms with van der Waals surface area (Å²) in [6, 6.07) is 11.6. The summed E-state index contributed by atoms with van der Waals surface area (Å²) in [5, 5.41) is 0. The molecule has 5 heterocycles. The van der Waals surface area contributed by atoms with Gasteiger partial charge in [-0.3, -0.25) is 24.4 Å². The van der Waals surface area contributed by atoms with E-state index in [0.717, 1.165) is 5.56 Å². The van der Waals surface area contributed by atoms with Crippen LogP contribution in [0.3, 0.4) is 0 Å². The summed E-state index contributed by atoms with van der Waals surface area (Å²) >= 11 is 6.98. The number of thiocarbonyl (C=S) groups is 1. The Bertz CT molecular complexity index is 1370. The summed E-state index contributed by atoms with van der Waals surface area (Å²) in [5.41, 5.74) is 0.485. The zero-order valence-electron chi connectivity index (χ0n) is 19.0. The molecule has 3 aromatic rings. The van der Waals surface area contributed by atoms with Crippen molar-refractivity contribution in [1.29, 1.82) is 0 Å². The Morgan fingerprint density at radius 3 is 2.66 bits per heavy atom. The zero-order valence-corrected chi connectivity index (χ0v) is 20.6. The van der Waals surface area contributed by atoms with Crippen LogP contribution < -0.4 is 4.90 Å². The van der Waals surface area contributed by atoms with Crippen molar-refractivity contribution in [2.24, 2.45) is 0 Å². The molecule has 3 atom stereocenters. The maximum absolute atomic E-state index is 14.7. The molecule has 0 saturated carbocycles. The molecule has 2 amide bonds. The van der Waals surface area contributed by atoms with E-state index in [1.54, 1.807) is 43.9 Å². The largest absolute Gasteiger partial charge is 0.467 e. The van der Waals surface area contributed by atoms with Crippen molar-refractivity contribution in [1.82, 2.24) is 14.8 Å². The van der Waals surface area contributed by atoms with Gasteiger partial charge in [0.2, 0.25) is 5.91 Å². The molecule has 3 aliphatic heterocycles. The van der Waals surface area contributed by atoms with Crippen LogP contribution in [0.2, 0.25) is 0 Å². The van der Waals surface area contributed by atoms with Gasteiger partial charge in [0.25, 0.3) is 5.91 Å². The quantitative estimate of drug-likeness (QED) is 0.502. The van der Waals surface area contributed by atoms with E-state index in [1.807, 2.05) is 24.1 Å². The lowest BCUT2D eigenvalue weighted by molar-refractivity contribution is -0.139. The topological polar surface area (TPSA) is 69.9 Å². The minimum Gasteiger partial charge on any atom is -0.467 e. The van der Waals surface area contributed by atoms with Crippen LogP contribution in [-0.4, -0.2) is 56.3 Å². The first-order valence-electron chi connectivity index (χ1n) is 11.1. The molecule has 2 fully saturated rings. The van der Waals surface area contributed by atoms with Crippen molar-refractivity contribution in [3.05, 3.63) is 83.8 Å². The average molecular weight is 509 g/mol. The number of halogens is 1. The molecule has 7 nitrogen and oxygen atoms in total. The lowest BCUT2D eigenvalue weighted by Gasteiger charge is -2.42. The van der Waals surface area contributed by atoms with Crippen molar-refractivity contribution >= 4 is 45.8 Å². The van der Waals surface area contributed by atoms with Crippen LogP contribution in [0.1, 0.15) is 22.8 Å². The van der Waals surface area contributed by atoms with Crippen molar-refractivity contribution in [3.63, 3.8) is 0 Å². The fraction of sp³-hybridized carbons (Fsp3) is 0.280. The van der Waals surface area contributed by atoms with E-state index in [2.05, 4.69) is 4.98 Å². The molecule has 2 aromatic heterocycles. The monoisotopic (exact) mass is 508 g/mol. The number of likely N-dealkylation sites (N-methyl/N-ethyl adjacent to an activating group) is 2. The van der Waals surface area contributed by atoms with Gasteiger partial charge in [-0.25, -0.2) is 4.39 Å². The van der Waals surface area contributed by atoms with Crippen molar-refractivity contribution < 1.29 is 18.4 Å². The first-order valence-corrected chi connectivity index (χ1v) is 12.3. The minimum absolute atomic E-state index is 0.155. The molecule has 2 saturated heterocycles. The number of likely N-dealkylation sites (tertiary alicyclic amines) is 1. The van der Waals surface area contributed by atoms with Gasteiger partial charge >= 0.3 is 0 Å². The molecular weight excluding hydrogens is 487 g/mol. The number of furan rings is 1. The van der Waals surface area contributed by atoms with Crippen molar-refractivity contribution in [3.8, 4) is 0 Å². The first kappa shape index (κ1) is 22.4. The van der Waals surface area contributed by atoms with Crippen molar-refractivity contribution in [2.75, 3.05) is 25.5 Å². The number of rotatable bonds is 3. The van der Waals surface area contributed by atoms with E-state index >= 15 is 0 Å². The minimum atomic E-state index is -1.45. The molecule has 0 N–H and O–H groups in total. The van der Waals surface area contributed by atoms with Gasteiger partial charge in [-0.15, -0.1) is 0 Å². The van der Waals surface area contributed by atoms with E-state index < -0.39 is 22.0 Å². The van der Waals surface area contributed by atoms with E-state index in [0.29, 0.717) is 27.9 Å². The highest BCUT2D eigenvalue weighted by Crippen LogP contribution is 2.66. The Kier molecular flexibility index (Phi) is 4.93. The molecule has 3 aliphatic rings. The van der Waals surface area contributed by atoms with Gasteiger partial charge in [0, 0.05) is 43.2 Å². The summed E-state index contributed by atoms with van der Waals surface area (Å²) in [6.07, 6.45) is 4.89. The van der Waals surface area contributed by atoms with E-state index in [4.69, 9.17) is 16.6 Å². The predicted molar refractivity (Wildman–Crippen MR) is 133 cm³/mol. The number of fused-ring (bicyclic) bond motifs is 3. The average Bonchev–Trinajstić information content (AvgIpc) is 3.57. The summed E-state index contributed by atoms with van der Waals surface area (Å²) in [6.45, 7) is 0.553.